The Labute approximate surface area is 119 Å². The molecule has 0 aliphatic heterocycles. The van der Waals surface area contributed by atoms with Crippen LogP contribution in [-0.2, 0) is 20.8 Å². The van der Waals surface area contributed by atoms with Gasteiger partial charge in [-0.15, -0.1) is 0 Å². The molecule has 6 nitrogen and oxygen atoms in total. The van der Waals surface area contributed by atoms with Gasteiger partial charge < -0.3 is 25.2 Å². The normalized spacial score (nSPS) is 11.8. The molecule has 0 aliphatic rings. The average Bonchev–Trinajstić information content (AvgIpc) is 2.49. The van der Waals surface area contributed by atoms with Crippen LogP contribution in [0, 0.1) is 0 Å². The summed E-state index contributed by atoms with van der Waals surface area (Å²) in [4.78, 5) is 0. The van der Waals surface area contributed by atoms with Gasteiger partial charge in [-0.3, -0.25) is 0 Å². The van der Waals surface area contributed by atoms with Crippen LogP contribution < -0.4 is 5.73 Å². The van der Waals surface area contributed by atoms with Crippen molar-refractivity contribution in [1.82, 2.24) is 0 Å². The maximum absolute atomic E-state index is 8.62. The first-order valence-corrected chi connectivity index (χ1v) is 6.49. The van der Waals surface area contributed by atoms with Gasteiger partial charge in [0.05, 0.1) is 19.8 Å². The van der Waals surface area contributed by atoms with Crippen LogP contribution in [0.1, 0.15) is 17.5 Å². The average molecular weight is 282 g/mol. The fourth-order valence-corrected chi connectivity index (χ4v) is 1.59. The Hall–Kier alpha value is -1.63. The Morgan fingerprint density at radius 1 is 1.20 bits per heavy atom. The van der Waals surface area contributed by atoms with Gasteiger partial charge in [0.1, 0.15) is 0 Å². The standard InChI is InChI=1S/C14H22N2O4/c1-18-6-3-7-19-8-9-20-11-12-4-2-5-13(10-12)14(15)16-17/h2,4-5,10,17H,3,6-9,11H2,1H3,(H2,15,16). The maximum atomic E-state index is 8.62. The van der Waals surface area contributed by atoms with E-state index in [1.54, 1.807) is 13.2 Å². The number of methoxy groups -OCH3 is 1. The fourth-order valence-electron chi connectivity index (χ4n) is 1.59. The Morgan fingerprint density at radius 3 is 2.75 bits per heavy atom. The summed E-state index contributed by atoms with van der Waals surface area (Å²) in [6.07, 6.45) is 0.887. The Kier molecular flexibility index (Phi) is 8.37. The van der Waals surface area contributed by atoms with Crippen LogP contribution in [0.2, 0.25) is 0 Å². The summed E-state index contributed by atoms with van der Waals surface area (Å²) in [7, 11) is 1.67. The molecule has 0 radical (unpaired) electrons. The van der Waals surface area contributed by atoms with Gasteiger partial charge in [0.2, 0.25) is 0 Å². The van der Waals surface area contributed by atoms with Crippen molar-refractivity contribution in [3.8, 4) is 0 Å². The highest BCUT2D eigenvalue weighted by atomic mass is 16.5. The topological polar surface area (TPSA) is 86.3 Å². The summed E-state index contributed by atoms with van der Waals surface area (Å²) in [6, 6.07) is 7.37. The molecule has 0 unspecified atom stereocenters. The molecular weight excluding hydrogens is 260 g/mol. The lowest BCUT2D eigenvalue weighted by Crippen LogP contribution is -2.13. The van der Waals surface area contributed by atoms with Gasteiger partial charge in [-0.05, 0) is 18.1 Å². The number of amidine groups is 1. The first kappa shape index (κ1) is 16.4. The molecule has 0 amide bonds. The van der Waals surface area contributed by atoms with Crippen molar-refractivity contribution >= 4 is 5.84 Å². The summed E-state index contributed by atoms with van der Waals surface area (Å²) in [5.41, 5.74) is 7.16. The van der Waals surface area contributed by atoms with Crippen molar-refractivity contribution in [2.45, 2.75) is 13.0 Å². The molecular formula is C14H22N2O4. The molecule has 0 fully saturated rings. The van der Waals surface area contributed by atoms with E-state index in [4.69, 9.17) is 25.2 Å². The van der Waals surface area contributed by atoms with E-state index in [1.807, 2.05) is 18.2 Å². The molecule has 3 N–H and O–H groups in total. The molecule has 1 aromatic rings. The van der Waals surface area contributed by atoms with Crippen molar-refractivity contribution < 1.29 is 19.4 Å². The molecule has 0 aliphatic carbocycles. The van der Waals surface area contributed by atoms with Crippen LogP contribution in [0.15, 0.2) is 29.4 Å². The van der Waals surface area contributed by atoms with E-state index in [1.165, 1.54) is 0 Å². The minimum atomic E-state index is 0.0910. The Bertz CT molecular complexity index is 410. The zero-order chi connectivity index (χ0) is 14.6. The molecule has 0 saturated heterocycles. The number of oxime groups is 1. The van der Waals surface area contributed by atoms with Gasteiger partial charge in [-0.2, -0.15) is 0 Å². The van der Waals surface area contributed by atoms with Crippen molar-refractivity contribution in [3.05, 3.63) is 35.4 Å². The minimum absolute atomic E-state index is 0.0910. The number of hydrogen-bond donors (Lipinski definition) is 2. The largest absolute Gasteiger partial charge is 0.409 e. The molecule has 1 rings (SSSR count). The third kappa shape index (κ3) is 6.51. The third-order valence-corrected chi connectivity index (χ3v) is 2.61. The number of nitrogens with zero attached hydrogens (tertiary/aromatic N) is 1. The van der Waals surface area contributed by atoms with E-state index < -0.39 is 0 Å². The van der Waals surface area contributed by atoms with Crippen molar-refractivity contribution in [2.24, 2.45) is 10.9 Å². The van der Waals surface area contributed by atoms with E-state index >= 15 is 0 Å². The van der Waals surface area contributed by atoms with Gasteiger partial charge >= 0.3 is 0 Å². The fraction of sp³-hybridized carbons (Fsp3) is 0.500. The van der Waals surface area contributed by atoms with Gasteiger partial charge in [-0.25, -0.2) is 0 Å². The molecule has 112 valence electrons. The van der Waals surface area contributed by atoms with Gasteiger partial charge in [0.25, 0.3) is 0 Å². The quantitative estimate of drug-likeness (QED) is 0.222. The lowest BCUT2D eigenvalue weighted by atomic mass is 10.1. The summed E-state index contributed by atoms with van der Waals surface area (Å²) in [5, 5.41) is 11.6. The number of benzene rings is 1. The van der Waals surface area contributed by atoms with Crippen LogP contribution in [-0.4, -0.2) is 44.6 Å². The van der Waals surface area contributed by atoms with Crippen LogP contribution in [0.25, 0.3) is 0 Å². The molecule has 0 saturated carbocycles. The number of hydrogen-bond acceptors (Lipinski definition) is 5. The Balaban J connectivity index is 2.19. The molecule has 0 heterocycles. The van der Waals surface area contributed by atoms with Gasteiger partial charge in [-0.1, -0.05) is 23.4 Å². The second kappa shape index (κ2) is 10.2. The van der Waals surface area contributed by atoms with Crippen LogP contribution in [0.4, 0.5) is 0 Å². The first-order chi connectivity index (χ1) is 9.77. The molecule has 1 aromatic carbocycles. The summed E-state index contributed by atoms with van der Waals surface area (Å²) in [5.74, 6) is 0.0910. The summed E-state index contributed by atoms with van der Waals surface area (Å²) in [6.45, 7) is 2.94. The lowest BCUT2D eigenvalue weighted by molar-refractivity contribution is 0.0337. The van der Waals surface area contributed by atoms with Crippen molar-refractivity contribution in [3.63, 3.8) is 0 Å². The van der Waals surface area contributed by atoms with Crippen LogP contribution >= 0.6 is 0 Å². The van der Waals surface area contributed by atoms with E-state index in [9.17, 15) is 0 Å². The smallest absolute Gasteiger partial charge is 0.170 e. The predicted molar refractivity (Wildman–Crippen MR) is 75.9 cm³/mol. The summed E-state index contributed by atoms with van der Waals surface area (Å²) < 4.78 is 15.8. The van der Waals surface area contributed by atoms with Crippen molar-refractivity contribution in [1.29, 1.82) is 0 Å². The molecule has 0 atom stereocenters. The SMILES string of the molecule is COCCCOCCOCc1cccc(/C(N)=N/O)c1. The van der Waals surface area contributed by atoms with Crippen LogP contribution in [0.5, 0.6) is 0 Å². The van der Waals surface area contributed by atoms with Crippen LogP contribution in [0.3, 0.4) is 0 Å². The third-order valence-electron chi connectivity index (χ3n) is 2.61. The molecule has 6 heteroatoms. The van der Waals surface area contributed by atoms with E-state index in [0.29, 0.717) is 38.6 Å². The zero-order valence-electron chi connectivity index (χ0n) is 11.7. The van der Waals surface area contributed by atoms with E-state index in [0.717, 1.165) is 12.0 Å². The highest BCUT2D eigenvalue weighted by molar-refractivity contribution is 5.97. The Morgan fingerprint density at radius 2 is 2.00 bits per heavy atom. The molecule has 0 bridgehead atoms. The second-order valence-corrected chi connectivity index (χ2v) is 4.20. The summed E-state index contributed by atoms with van der Waals surface area (Å²) >= 11 is 0. The zero-order valence-corrected chi connectivity index (χ0v) is 11.7. The minimum Gasteiger partial charge on any atom is -0.409 e. The second-order valence-electron chi connectivity index (χ2n) is 4.20. The van der Waals surface area contributed by atoms with E-state index in [-0.39, 0.29) is 5.84 Å². The highest BCUT2D eigenvalue weighted by Crippen LogP contribution is 2.06. The molecule has 20 heavy (non-hydrogen) atoms. The van der Waals surface area contributed by atoms with Crippen molar-refractivity contribution in [2.75, 3.05) is 33.5 Å². The lowest BCUT2D eigenvalue weighted by Gasteiger charge is -2.07. The van der Waals surface area contributed by atoms with Gasteiger partial charge in [0, 0.05) is 25.9 Å². The maximum Gasteiger partial charge on any atom is 0.170 e. The van der Waals surface area contributed by atoms with E-state index in [2.05, 4.69) is 5.16 Å². The molecule has 0 aromatic heterocycles. The monoisotopic (exact) mass is 282 g/mol. The first-order valence-electron chi connectivity index (χ1n) is 6.49. The highest BCUT2D eigenvalue weighted by Gasteiger charge is 2.00. The molecule has 0 spiro atoms. The number of rotatable bonds is 10. The number of nitrogens with two attached hydrogens (primary N) is 1. The van der Waals surface area contributed by atoms with Gasteiger partial charge in [0.15, 0.2) is 5.84 Å². The number of ether oxygens (including phenoxy) is 3. The predicted octanol–water partition coefficient (Wildman–Crippen LogP) is 1.35.